The summed E-state index contributed by atoms with van der Waals surface area (Å²) in [6, 6.07) is 58.9. The van der Waals surface area contributed by atoms with Crippen molar-refractivity contribution in [3.8, 4) is 44.6 Å². The smallest absolute Gasteiger partial charge is 0.0979 e. The fraction of sp³-hybridized carbons (Fsp3) is 0. The summed E-state index contributed by atoms with van der Waals surface area (Å²) >= 11 is 1.86. The molecule has 0 aliphatic heterocycles. The molecule has 0 saturated heterocycles. The summed E-state index contributed by atoms with van der Waals surface area (Å²) in [5, 5.41) is 7.34. The maximum absolute atomic E-state index is 5.16. The number of thiophene rings is 1. The zero-order valence-corrected chi connectivity index (χ0v) is 27.3. The van der Waals surface area contributed by atoms with E-state index in [1.54, 1.807) is 0 Å². The minimum absolute atomic E-state index is 0.877. The Morgan fingerprint density at radius 2 is 0.755 bits per heavy atom. The first kappa shape index (κ1) is 27.9. The van der Waals surface area contributed by atoms with E-state index >= 15 is 0 Å². The molecule has 8 aromatic carbocycles. The van der Waals surface area contributed by atoms with Crippen LogP contribution in [0.5, 0.6) is 0 Å². The van der Waals surface area contributed by atoms with Gasteiger partial charge in [0.2, 0.25) is 0 Å². The van der Waals surface area contributed by atoms with Gasteiger partial charge < -0.3 is 0 Å². The van der Waals surface area contributed by atoms with Gasteiger partial charge in [-0.1, -0.05) is 146 Å². The van der Waals surface area contributed by atoms with Crippen molar-refractivity contribution in [2.45, 2.75) is 0 Å². The molecule has 0 atom stereocenters. The first-order valence-electron chi connectivity index (χ1n) is 16.6. The molecule has 0 amide bonds. The molecule has 2 heterocycles. The van der Waals surface area contributed by atoms with Gasteiger partial charge in [-0.05, 0) is 62.4 Å². The summed E-state index contributed by atoms with van der Waals surface area (Å²) in [5.74, 6) is 0. The molecular weight excluding hydrogens is 613 g/mol. The predicted octanol–water partition coefficient (Wildman–Crippen LogP) is 13.0. The lowest BCUT2D eigenvalue weighted by molar-refractivity contribution is 1.31. The van der Waals surface area contributed by atoms with E-state index < -0.39 is 0 Å². The molecule has 0 fully saturated rings. The Bertz CT molecular complexity index is 2810. The average Bonchev–Trinajstić information content (AvgIpc) is 3.56. The van der Waals surface area contributed by atoms with Crippen LogP contribution >= 0.6 is 11.3 Å². The van der Waals surface area contributed by atoms with Crippen molar-refractivity contribution >= 4 is 64.1 Å². The van der Waals surface area contributed by atoms with E-state index in [-0.39, 0.29) is 0 Å². The molecular formula is C46H28N2S. The Balaban J connectivity index is 0.915. The van der Waals surface area contributed by atoms with Crippen LogP contribution in [0.15, 0.2) is 170 Å². The first-order chi connectivity index (χ1) is 24.3. The van der Waals surface area contributed by atoms with Gasteiger partial charge in [0, 0.05) is 36.5 Å². The second-order valence-corrected chi connectivity index (χ2v) is 13.7. The number of benzene rings is 8. The highest BCUT2D eigenvalue weighted by Crippen LogP contribution is 2.37. The number of aromatic nitrogens is 2. The van der Waals surface area contributed by atoms with Gasteiger partial charge in [-0.3, -0.25) is 4.98 Å². The quantitative estimate of drug-likeness (QED) is 0.179. The lowest BCUT2D eigenvalue weighted by Crippen LogP contribution is -1.92. The van der Waals surface area contributed by atoms with Gasteiger partial charge in [-0.2, -0.15) is 0 Å². The molecule has 3 heteroatoms. The van der Waals surface area contributed by atoms with Crippen LogP contribution in [0.25, 0.3) is 97.4 Å². The van der Waals surface area contributed by atoms with E-state index in [0.717, 1.165) is 33.1 Å². The molecule has 2 nitrogen and oxygen atoms in total. The highest BCUT2D eigenvalue weighted by molar-refractivity contribution is 7.25. The minimum Gasteiger partial charge on any atom is -0.252 e. The number of hydrogen-bond donors (Lipinski definition) is 0. The number of fused-ring (bicyclic) bond motifs is 9. The third-order valence-corrected chi connectivity index (χ3v) is 10.9. The van der Waals surface area contributed by atoms with Crippen molar-refractivity contribution in [2.24, 2.45) is 0 Å². The number of rotatable bonds is 4. The molecule has 10 rings (SSSR count). The minimum atomic E-state index is 0.877. The third-order valence-electron chi connectivity index (χ3n) is 9.75. The molecule has 0 aliphatic carbocycles. The summed E-state index contributed by atoms with van der Waals surface area (Å²) in [5.41, 5.74) is 11.1. The fourth-order valence-electron chi connectivity index (χ4n) is 7.21. The zero-order chi connectivity index (χ0) is 32.3. The standard InChI is InChI=1S/C46H28N2S/c1-3-10-39-36(7-1)37-8-2-4-11-40(37)46-45(39)47-28-42(48-46)34-23-21-32(22-24-34)30-15-13-29(14-16-30)31-17-19-33(20-18-31)35-25-26-44-41(27-35)38-9-5-6-12-43(38)49-44/h1-28H. The fourth-order valence-corrected chi connectivity index (χ4v) is 8.30. The zero-order valence-electron chi connectivity index (χ0n) is 26.5. The Kier molecular flexibility index (Phi) is 6.39. The van der Waals surface area contributed by atoms with Gasteiger partial charge in [0.1, 0.15) is 0 Å². The monoisotopic (exact) mass is 640 g/mol. The number of nitrogens with zero attached hydrogens (tertiary/aromatic N) is 2. The average molecular weight is 641 g/mol. The molecule has 10 aromatic rings. The summed E-state index contributed by atoms with van der Waals surface area (Å²) in [7, 11) is 0. The largest absolute Gasteiger partial charge is 0.252 e. The van der Waals surface area contributed by atoms with E-state index in [9.17, 15) is 0 Å². The normalized spacial score (nSPS) is 11.7. The SMILES string of the molecule is c1ccc2c(c1)sc1ccc(-c3ccc(-c4ccc(-c5ccc(-c6cnc7c8ccccc8c8ccccc8c7n6)cc5)cc4)cc3)cc12. The molecule has 0 saturated carbocycles. The van der Waals surface area contributed by atoms with E-state index in [0.29, 0.717) is 0 Å². The van der Waals surface area contributed by atoms with Crippen molar-refractivity contribution in [3.63, 3.8) is 0 Å². The summed E-state index contributed by atoms with van der Waals surface area (Å²) in [4.78, 5) is 10.1. The molecule has 228 valence electrons. The molecule has 49 heavy (non-hydrogen) atoms. The van der Waals surface area contributed by atoms with Crippen LogP contribution in [0, 0.1) is 0 Å². The number of hydrogen-bond acceptors (Lipinski definition) is 3. The lowest BCUT2D eigenvalue weighted by atomic mass is 9.97. The van der Waals surface area contributed by atoms with E-state index in [4.69, 9.17) is 9.97 Å². The van der Waals surface area contributed by atoms with Crippen LogP contribution in [-0.2, 0) is 0 Å². The van der Waals surface area contributed by atoms with Crippen LogP contribution in [0.3, 0.4) is 0 Å². The Morgan fingerprint density at radius 3 is 1.35 bits per heavy atom. The van der Waals surface area contributed by atoms with E-state index in [1.807, 2.05) is 17.5 Å². The summed E-state index contributed by atoms with van der Waals surface area (Å²) in [6.07, 6.45) is 1.90. The van der Waals surface area contributed by atoms with Gasteiger partial charge in [0.25, 0.3) is 0 Å². The van der Waals surface area contributed by atoms with Crippen molar-refractivity contribution < 1.29 is 0 Å². The van der Waals surface area contributed by atoms with E-state index in [2.05, 4.69) is 164 Å². The van der Waals surface area contributed by atoms with Crippen molar-refractivity contribution in [1.82, 2.24) is 9.97 Å². The van der Waals surface area contributed by atoms with Crippen LogP contribution in [-0.4, -0.2) is 9.97 Å². The van der Waals surface area contributed by atoms with Crippen molar-refractivity contribution in [2.75, 3.05) is 0 Å². The molecule has 0 spiro atoms. The lowest BCUT2D eigenvalue weighted by Gasteiger charge is -2.11. The predicted molar refractivity (Wildman–Crippen MR) is 209 cm³/mol. The van der Waals surface area contributed by atoms with Gasteiger partial charge >= 0.3 is 0 Å². The van der Waals surface area contributed by atoms with Crippen molar-refractivity contribution in [3.05, 3.63) is 170 Å². The maximum atomic E-state index is 5.16. The van der Waals surface area contributed by atoms with Gasteiger partial charge in [0.15, 0.2) is 0 Å². The summed E-state index contributed by atoms with van der Waals surface area (Å²) < 4.78 is 2.67. The maximum Gasteiger partial charge on any atom is 0.0979 e. The Hall–Kier alpha value is -6.16. The highest BCUT2D eigenvalue weighted by atomic mass is 32.1. The van der Waals surface area contributed by atoms with Crippen molar-refractivity contribution in [1.29, 1.82) is 0 Å². The Labute approximate surface area is 287 Å². The van der Waals surface area contributed by atoms with Gasteiger partial charge in [0.05, 0.1) is 22.9 Å². The van der Waals surface area contributed by atoms with E-state index in [1.165, 1.54) is 64.3 Å². The van der Waals surface area contributed by atoms with Gasteiger partial charge in [-0.25, -0.2) is 4.98 Å². The molecule has 0 bridgehead atoms. The van der Waals surface area contributed by atoms with Crippen LogP contribution in [0.1, 0.15) is 0 Å². The molecule has 0 radical (unpaired) electrons. The van der Waals surface area contributed by atoms with Crippen LogP contribution in [0.4, 0.5) is 0 Å². The Morgan fingerprint density at radius 1 is 0.327 bits per heavy atom. The van der Waals surface area contributed by atoms with Crippen LogP contribution in [0.2, 0.25) is 0 Å². The second-order valence-electron chi connectivity index (χ2n) is 12.6. The highest BCUT2D eigenvalue weighted by Gasteiger charge is 2.12. The third kappa shape index (κ3) is 4.70. The first-order valence-corrected chi connectivity index (χ1v) is 17.4. The molecule has 0 unspecified atom stereocenters. The summed E-state index contributed by atoms with van der Waals surface area (Å²) in [6.45, 7) is 0. The topological polar surface area (TPSA) is 25.8 Å². The molecule has 2 aromatic heterocycles. The van der Waals surface area contributed by atoms with Crippen LogP contribution < -0.4 is 0 Å². The van der Waals surface area contributed by atoms with Gasteiger partial charge in [-0.15, -0.1) is 11.3 Å². The second kappa shape index (κ2) is 11.2. The molecule has 0 aliphatic rings. The molecule has 0 N–H and O–H groups in total.